The van der Waals surface area contributed by atoms with Crippen molar-refractivity contribution in [1.29, 1.82) is 0 Å². The molecule has 94 valence electrons. The molecule has 0 aromatic heterocycles. The lowest BCUT2D eigenvalue weighted by atomic mass is 9.98. The second kappa shape index (κ2) is 5.92. The van der Waals surface area contributed by atoms with Crippen LogP contribution in [0.1, 0.15) is 12.8 Å². The molecule has 1 fully saturated rings. The van der Waals surface area contributed by atoms with Crippen molar-refractivity contribution in [3.8, 4) is 11.5 Å². The first-order valence-electron chi connectivity index (χ1n) is 6.23. The highest BCUT2D eigenvalue weighted by molar-refractivity contribution is 5.32. The number of rotatable bonds is 4. The predicted molar refractivity (Wildman–Crippen MR) is 68.7 cm³/mol. The summed E-state index contributed by atoms with van der Waals surface area (Å²) in [4.78, 5) is 2.38. The second-order valence-corrected chi connectivity index (χ2v) is 4.74. The SMILES string of the molecule is COc1cccc(OCC2CCN(C)CC2)c1. The Hall–Kier alpha value is -1.22. The van der Waals surface area contributed by atoms with Crippen molar-refractivity contribution in [2.75, 3.05) is 33.9 Å². The molecule has 0 spiro atoms. The molecule has 1 aliphatic heterocycles. The molecule has 1 heterocycles. The zero-order valence-corrected chi connectivity index (χ0v) is 10.7. The molecule has 1 aliphatic rings. The largest absolute Gasteiger partial charge is 0.497 e. The number of hydrogen-bond acceptors (Lipinski definition) is 3. The van der Waals surface area contributed by atoms with Crippen LogP contribution in [0.3, 0.4) is 0 Å². The van der Waals surface area contributed by atoms with Crippen LogP contribution in [-0.2, 0) is 0 Å². The number of methoxy groups -OCH3 is 1. The van der Waals surface area contributed by atoms with Crippen molar-refractivity contribution in [2.24, 2.45) is 5.92 Å². The Morgan fingerprint density at radius 3 is 2.65 bits per heavy atom. The highest BCUT2D eigenvalue weighted by Crippen LogP contribution is 2.21. The average molecular weight is 235 g/mol. The minimum absolute atomic E-state index is 0.692. The first-order valence-corrected chi connectivity index (χ1v) is 6.23. The van der Waals surface area contributed by atoms with E-state index in [9.17, 15) is 0 Å². The number of likely N-dealkylation sites (tertiary alicyclic amines) is 1. The fraction of sp³-hybridized carbons (Fsp3) is 0.571. The van der Waals surface area contributed by atoms with E-state index in [-0.39, 0.29) is 0 Å². The zero-order chi connectivity index (χ0) is 12.1. The molecule has 0 amide bonds. The van der Waals surface area contributed by atoms with Gasteiger partial charge in [0.15, 0.2) is 0 Å². The molecule has 0 atom stereocenters. The summed E-state index contributed by atoms with van der Waals surface area (Å²) in [5.74, 6) is 2.45. The number of piperidine rings is 1. The van der Waals surface area contributed by atoms with Gasteiger partial charge in [-0.2, -0.15) is 0 Å². The fourth-order valence-corrected chi connectivity index (χ4v) is 2.13. The maximum absolute atomic E-state index is 5.82. The van der Waals surface area contributed by atoms with Crippen molar-refractivity contribution in [3.63, 3.8) is 0 Å². The Balaban J connectivity index is 1.81. The highest BCUT2D eigenvalue weighted by Gasteiger charge is 2.17. The van der Waals surface area contributed by atoms with Gasteiger partial charge in [-0.25, -0.2) is 0 Å². The Bertz CT molecular complexity index is 346. The van der Waals surface area contributed by atoms with E-state index < -0.39 is 0 Å². The molecular weight excluding hydrogens is 214 g/mol. The molecular formula is C14H21NO2. The van der Waals surface area contributed by atoms with E-state index in [1.54, 1.807) is 7.11 Å². The maximum Gasteiger partial charge on any atom is 0.122 e. The van der Waals surface area contributed by atoms with Gasteiger partial charge in [0.2, 0.25) is 0 Å². The zero-order valence-electron chi connectivity index (χ0n) is 10.7. The molecule has 2 rings (SSSR count). The summed E-state index contributed by atoms with van der Waals surface area (Å²) in [7, 11) is 3.86. The number of nitrogens with zero attached hydrogens (tertiary/aromatic N) is 1. The monoisotopic (exact) mass is 235 g/mol. The van der Waals surface area contributed by atoms with E-state index >= 15 is 0 Å². The molecule has 3 heteroatoms. The average Bonchev–Trinajstić information content (AvgIpc) is 2.38. The van der Waals surface area contributed by atoms with E-state index in [0.29, 0.717) is 5.92 Å². The van der Waals surface area contributed by atoms with Crippen molar-refractivity contribution < 1.29 is 9.47 Å². The third kappa shape index (κ3) is 3.63. The normalized spacial score (nSPS) is 18.0. The van der Waals surface area contributed by atoms with E-state index in [0.717, 1.165) is 18.1 Å². The molecule has 17 heavy (non-hydrogen) atoms. The van der Waals surface area contributed by atoms with Gasteiger partial charge in [-0.05, 0) is 51.0 Å². The van der Waals surface area contributed by atoms with Crippen LogP contribution >= 0.6 is 0 Å². The molecule has 3 nitrogen and oxygen atoms in total. The van der Waals surface area contributed by atoms with Crippen LogP contribution in [0.5, 0.6) is 11.5 Å². The van der Waals surface area contributed by atoms with Crippen LogP contribution in [-0.4, -0.2) is 38.8 Å². The minimum atomic E-state index is 0.692. The third-order valence-electron chi connectivity index (χ3n) is 3.37. The molecule has 0 aliphatic carbocycles. The van der Waals surface area contributed by atoms with Crippen molar-refractivity contribution in [3.05, 3.63) is 24.3 Å². The van der Waals surface area contributed by atoms with E-state index in [1.165, 1.54) is 25.9 Å². The van der Waals surface area contributed by atoms with Crippen molar-refractivity contribution >= 4 is 0 Å². The fourth-order valence-electron chi connectivity index (χ4n) is 2.13. The minimum Gasteiger partial charge on any atom is -0.497 e. The van der Waals surface area contributed by atoms with Crippen molar-refractivity contribution in [1.82, 2.24) is 4.90 Å². The maximum atomic E-state index is 5.82. The summed E-state index contributed by atoms with van der Waals surface area (Å²) in [5.41, 5.74) is 0. The molecule has 0 bridgehead atoms. The molecule has 0 radical (unpaired) electrons. The first-order chi connectivity index (χ1) is 8.28. The second-order valence-electron chi connectivity index (χ2n) is 4.74. The van der Waals surface area contributed by atoms with Gasteiger partial charge in [0.25, 0.3) is 0 Å². The molecule has 0 unspecified atom stereocenters. The summed E-state index contributed by atoms with van der Waals surface area (Å²) in [6, 6.07) is 7.82. The summed E-state index contributed by atoms with van der Waals surface area (Å²) in [6.07, 6.45) is 2.47. The summed E-state index contributed by atoms with van der Waals surface area (Å²) in [6.45, 7) is 3.19. The van der Waals surface area contributed by atoms with Gasteiger partial charge < -0.3 is 14.4 Å². The van der Waals surface area contributed by atoms with Crippen LogP contribution < -0.4 is 9.47 Å². The van der Waals surface area contributed by atoms with Gasteiger partial charge in [-0.1, -0.05) is 6.07 Å². The Kier molecular flexibility index (Phi) is 4.26. The van der Waals surface area contributed by atoms with Gasteiger partial charge in [-0.3, -0.25) is 0 Å². The lowest BCUT2D eigenvalue weighted by molar-refractivity contribution is 0.160. The van der Waals surface area contributed by atoms with Crippen molar-refractivity contribution in [2.45, 2.75) is 12.8 Å². The third-order valence-corrected chi connectivity index (χ3v) is 3.37. The molecule has 0 saturated carbocycles. The Morgan fingerprint density at radius 2 is 1.94 bits per heavy atom. The van der Waals surface area contributed by atoms with Crippen LogP contribution in [0.25, 0.3) is 0 Å². The van der Waals surface area contributed by atoms with Crippen LogP contribution in [0, 0.1) is 5.92 Å². The van der Waals surface area contributed by atoms with Gasteiger partial charge in [0.05, 0.1) is 13.7 Å². The lowest BCUT2D eigenvalue weighted by Crippen LogP contribution is -2.32. The Morgan fingerprint density at radius 1 is 1.24 bits per heavy atom. The highest BCUT2D eigenvalue weighted by atomic mass is 16.5. The quantitative estimate of drug-likeness (QED) is 0.800. The first kappa shape index (κ1) is 12.2. The topological polar surface area (TPSA) is 21.7 Å². The van der Waals surface area contributed by atoms with E-state index in [2.05, 4.69) is 11.9 Å². The van der Waals surface area contributed by atoms with Crippen LogP contribution in [0.4, 0.5) is 0 Å². The van der Waals surface area contributed by atoms with Crippen LogP contribution in [0.15, 0.2) is 24.3 Å². The molecule has 1 aromatic carbocycles. The summed E-state index contributed by atoms with van der Waals surface area (Å²) < 4.78 is 11.0. The smallest absolute Gasteiger partial charge is 0.122 e. The molecule has 1 aromatic rings. The van der Waals surface area contributed by atoms with E-state index in [1.807, 2.05) is 24.3 Å². The standard InChI is InChI=1S/C14H21NO2/c1-15-8-6-12(7-9-15)11-17-14-5-3-4-13(10-14)16-2/h3-5,10,12H,6-9,11H2,1-2H3. The summed E-state index contributed by atoms with van der Waals surface area (Å²) >= 11 is 0. The predicted octanol–water partition coefficient (Wildman–Crippen LogP) is 2.42. The lowest BCUT2D eigenvalue weighted by Gasteiger charge is -2.28. The number of hydrogen-bond donors (Lipinski definition) is 0. The van der Waals surface area contributed by atoms with Crippen LogP contribution in [0.2, 0.25) is 0 Å². The van der Waals surface area contributed by atoms with Gasteiger partial charge >= 0.3 is 0 Å². The molecule has 0 N–H and O–H groups in total. The van der Waals surface area contributed by atoms with Gasteiger partial charge in [0, 0.05) is 6.07 Å². The summed E-state index contributed by atoms with van der Waals surface area (Å²) in [5, 5.41) is 0. The molecule has 1 saturated heterocycles. The van der Waals surface area contributed by atoms with Gasteiger partial charge in [-0.15, -0.1) is 0 Å². The van der Waals surface area contributed by atoms with Gasteiger partial charge in [0.1, 0.15) is 11.5 Å². The number of ether oxygens (including phenoxy) is 2. The Labute approximate surface area is 103 Å². The number of benzene rings is 1. The van der Waals surface area contributed by atoms with E-state index in [4.69, 9.17) is 9.47 Å².